The summed E-state index contributed by atoms with van der Waals surface area (Å²) >= 11 is 0. The lowest BCUT2D eigenvalue weighted by Crippen LogP contribution is -2.13. The van der Waals surface area contributed by atoms with Crippen molar-refractivity contribution in [3.05, 3.63) is 48.0 Å². The highest BCUT2D eigenvalue weighted by Crippen LogP contribution is 2.33. The van der Waals surface area contributed by atoms with Gasteiger partial charge in [0.1, 0.15) is 0 Å². The van der Waals surface area contributed by atoms with Gasteiger partial charge in [-0.1, -0.05) is 26.0 Å². The Hall–Kier alpha value is -2.21. The van der Waals surface area contributed by atoms with E-state index >= 15 is 0 Å². The maximum absolute atomic E-state index is 12.5. The van der Waals surface area contributed by atoms with E-state index in [4.69, 9.17) is 9.47 Å². The number of hydrogen-bond donors (Lipinski definition) is 1. The van der Waals surface area contributed by atoms with Crippen LogP contribution in [0.2, 0.25) is 0 Å². The summed E-state index contributed by atoms with van der Waals surface area (Å²) in [5.41, 5.74) is 1.55. The molecule has 0 fully saturated rings. The zero-order chi connectivity index (χ0) is 17.2. The molecule has 0 radical (unpaired) electrons. The number of rotatable bonds is 4. The number of hydrogen-bond acceptors (Lipinski definition) is 4. The van der Waals surface area contributed by atoms with Crippen molar-refractivity contribution in [2.24, 2.45) is 0 Å². The third kappa shape index (κ3) is 3.64. The summed E-state index contributed by atoms with van der Waals surface area (Å²) < 4.78 is 38.8. The molecule has 128 valence electrons. The molecule has 0 spiro atoms. The molecule has 0 unspecified atom stereocenters. The summed E-state index contributed by atoms with van der Waals surface area (Å²) in [4.78, 5) is 0.235. The van der Waals surface area contributed by atoms with Gasteiger partial charge in [-0.15, -0.1) is 0 Å². The molecule has 0 aliphatic carbocycles. The van der Waals surface area contributed by atoms with Crippen LogP contribution in [0.25, 0.3) is 0 Å². The standard InChI is InChI=1S/C18H21NO4S/c1-13(2)14-4-7-16(8-5-14)24(20,21)19-15-6-9-17-18(12-15)23-11-3-10-22-17/h4-9,12-13,19H,3,10-11H2,1-2H3. The Labute approximate surface area is 142 Å². The van der Waals surface area contributed by atoms with Crippen molar-refractivity contribution in [2.45, 2.75) is 31.1 Å². The number of fused-ring (bicyclic) bond motifs is 1. The maximum Gasteiger partial charge on any atom is 0.261 e. The molecule has 3 rings (SSSR count). The van der Waals surface area contributed by atoms with E-state index < -0.39 is 10.0 Å². The van der Waals surface area contributed by atoms with Gasteiger partial charge in [-0.25, -0.2) is 8.42 Å². The molecular weight excluding hydrogens is 326 g/mol. The number of nitrogens with one attached hydrogen (secondary N) is 1. The van der Waals surface area contributed by atoms with Crippen LogP contribution < -0.4 is 14.2 Å². The van der Waals surface area contributed by atoms with E-state index in [-0.39, 0.29) is 4.90 Å². The Morgan fingerprint density at radius 2 is 1.62 bits per heavy atom. The van der Waals surface area contributed by atoms with Crippen molar-refractivity contribution in [2.75, 3.05) is 17.9 Å². The predicted molar refractivity (Wildman–Crippen MR) is 93.4 cm³/mol. The monoisotopic (exact) mass is 347 g/mol. The molecule has 24 heavy (non-hydrogen) atoms. The van der Waals surface area contributed by atoms with Crippen molar-refractivity contribution < 1.29 is 17.9 Å². The van der Waals surface area contributed by atoms with E-state index in [0.29, 0.717) is 36.3 Å². The first-order valence-electron chi connectivity index (χ1n) is 7.98. The Morgan fingerprint density at radius 3 is 2.29 bits per heavy atom. The Morgan fingerprint density at radius 1 is 0.958 bits per heavy atom. The van der Waals surface area contributed by atoms with Crippen LogP contribution >= 0.6 is 0 Å². The number of anilines is 1. The average molecular weight is 347 g/mol. The SMILES string of the molecule is CC(C)c1ccc(S(=O)(=O)Nc2ccc3c(c2)OCCCO3)cc1. The highest BCUT2D eigenvalue weighted by Gasteiger charge is 2.17. The highest BCUT2D eigenvalue weighted by molar-refractivity contribution is 7.92. The molecule has 0 atom stereocenters. The quantitative estimate of drug-likeness (QED) is 0.914. The molecule has 2 aromatic rings. The summed E-state index contributed by atoms with van der Waals surface area (Å²) in [5.74, 6) is 1.55. The lowest BCUT2D eigenvalue weighted by Gasteiger charge is -2.12. The lowest BCUT2D eigenvalue weighted by molar-refractivity contribution is 0.297. The number of sulfonamides is 1. The van der Waals surface area contributed by atoms with Crippen LogP contribution in [0.15, 0.2) is 47.4 Å². The van der Waals surface area contributed by atoms with Crippen molar-refractivity contribution in [1.82, 2.24) is 0 Å². The molecule has 5 nitrogen and oxygen atoms in total. The molecule has 0 bridgehead atoms. The van der Waals surface area contributed by atoms with Gasteiger partial charge in [0.2, 0.25) is 0 Å². The highest BCUT2D eigenvalue weighted by atomic mass is 32.2. The largest absolute Gasteiger partial charge is 0.490 e. The number of benzene rings is 2. The van der Waals surface area contributed by atoms with Gasteiger partial charge in [-0.2, -0.15) is 0 Å². The summed E-state index contributed by atoms with van der Waals surface area (Å²) in [6.45, 7) is 5.29. The van der Waals surface area contributed by atoms with Crippen LogP contribution in [-0.2, 0) is 10.0 Å². The molecule has 2 aromatic carbocycles. The van der Waals surface area contributed by atoms with Crippen molar-refractivity contribution in [1.29, 1.82) is 0 Å². The van der Waals surface area contributed by atoms with Crippen molar-refractivity contribution >= 4 is 15.7 Å². The summed E-state index contributed by atoms with van der Waals surface area (Å²) in [6, 6.07) is 12.0. The van der Waals surface area contributed by atoms with Crippen LogP contribution in [0, 0.1) is 0 Å². The van der Waals surface area contributed by atoms with Crippen LogP contribution in [0.4, 0.5) is 5.69 Å². The average Bonchev–Trinajstić information content (AvgIpc) is 2.79. The third-order valence-electron chi connectivity index (χ3n) is 3.86. The fourth-order valence-electron chi connectivity index (χ4n) is 2.47. The Bertz CT molecular complexity index is 813. The van der Waals surface area contributed by atoms with E-state index in [1.54, 1.807) is 30.3 Å². The minimum atomic E-state index is -3.64. The first-order valence-corrected chi connectivity index (χ1v) is 9.46. The predicted octanol–water partition coefficient (Wildman–Crippen LogP) is 3.77. The van der Waals surface area contributed by atoms with Gasteiger partial charge in [0.05, 0.1) is 23.8 Å². The van der Waals surface area contributed by atoms with Gasteiger partial charge in [-0.05, 0) is 35.7 Å². The molecule has 0 saturated heterocycles. The molecule has 6 heteroatoms. The molecule has 0 saturated carbocycles. The van der Waals surface area contributed by atoms with E-state index in [0.717, 1.165) is 12.0 Å². The number of ether oxygens (including phenoxy) is 2. The first kappa shape index (κ1) is 16.6. The lowest BCUT2D eigenvalue weighted by atomic mass is 10.0. The first-order chi connectivity index (χ1) is 11.5. The molecule has 0 amide bonds. The van der Waals surface area contributed by atoms with E-state index in [1.165, 1.54) is 0 Å². The van der Waals surface area contributed by atoms with Crippen LogP contribution in [-0.4, -0.2) is 21.6 Å². The maximum atomic E-state index is 12.5. The van der Waals surface area contributed by atoms with Crippen LogP contribution in [0.1, 0.15) is 31.7 Å². The Balaban J connectivity index is 1.82. The second-order valence-electron chi connectivity index (χ2n) is 6.04. The summed E-state index contributed by atoms with van der Waals surface area (Å²) in [6.07, 6.45) is 0.804. The topological polar surface area (TPSA) is 64.6 Å². The molecule has 1 aliphatic heterocycles. The second kappa shape index (κ2) is 6.73. The van der Waals surface area contributed by atoms with E-state index in [9.17, 15) is 8.42 Å². The fourth-order valence-corrected chi connectivity index (χ4v) is 3.52. The van der Waals surface area contributed by atoms with Gasteiger partial charge in [0, 0.05) is 12.5 Å². The van der Waals surface area contributed by atoms with Gasteiger partial charge < -0.3 is 9.47 Å². The zero-order valence-electron chi connectivity index (χ0n) is 13.8. The van der Waals surface area contributed by atoms with Gasteiger partial charge in [0.25, 0.3) is 10.0 Å². The van der Waals surface area contributed by atoms with Crippen molar-refractivity contribution in [3.8, 4) is 11.5 Å². The second-order valence-corrected chi connectivity index (χ2v) is 7.72. The van der Waals surface area contributed by atoms with Crippen molar-refractivity contribution in [3.63, 3.8) is 0 Å². The minimum absolute atomic E-state index is 0.235. The van der Waals surface area contributed by atoms with E-state index in [1.807, 2.05) is 12.1 Å². The minimum Gasteiger partial charge on any atom is -0.490 e. The zero-order valence-corrected chi connectivity index (χ0v) is 14.6. The van der Waals surface area contributed by atoms with E-state index in [2.05, 4.69) is 18.6 Å². The molecule has 1 N–H and O–H groups in total. The van der Waals surface area contributed by atoms with Gasteiger partial charge in [0.15, 0.2) is 11.5 Å². The molecule has 0 aromatic heterocycles. The molecule has 1 heterocycles. The Kier molecular flexibility index (Phi) is 4.66. The smallest absolute Gasteiger partial charge is 0.261 e. The normalized spacial score (nSPS) is 14.3. The molecular formula is C18H21NO4S. The van der Waals surface area contributed by atoms with Crippen LogP contribution in [0.5, 0.6) is 11.5 Å². The summed E-state index contributed by atoms with van der Waals surface area (Å²) in [7, 11) is -3.64. The third-order valence-corrected chi connectivity index (χ3v) is 5.25. The van der Waals surface area contributed by atoms with Gasteiger partial charge >= 0.3 is 0 Å². The fraction of sp³-hybridized carbons (Fsp3) is 0.333. The molecule has 1 aliphatic rings. The van der Waals surface area contributed by atoms with Gasteiger partial charge in [-0.3, -0.25) is 4.72 Å². The van der Waals surface area contributed by atoms with Crippen LogP contribution in [0.3, 0.4) is 0 Å². The summed E-state index contributed by atoms with van der Waals surface area (Å²) in [5, 5.41) is 0.